The molecule has 0 aromatic heterocycles. The van der Waals surface area contributed by atoms with Crippen molar-refractivity contribution in [1.29, 1.82) is 0 Å². The molecule has 5 N–H and O–H groups in total. The Morgan fingerprint density at radius 2 is 1.76 bits per heavy atom. The van der Waals surface area contributed by atoms with E-state index in [1.807, 2.05) is 20.8 Å². The molecular weight excluding hydrogens is 436 g/mol. The molecule has 10 atom stereocenters. The number of aliphatic hydroxyl groups is 3. The summed E-state index contributed by atoms with van der Waals surface area (Å²) in [7, 11) is 0. The molecular formula is C27H36O7. The van der Waals surface area contributed by atoms with Gasteiger partial charge in [-0.05, 0) is 57.1 Å². The zero-order valence-corrected chi connectivity index (χ0v) is 20.1. The molecule has 7 nitrogen and oxygen atoms in total. The van der Waals surface area contributed by atoms with Gasteiger partial charge in [-0.1, -0.05) is 32.1 Å². The van der Waals surface area contributed by atoms with Crippen LogP contribution in [0.4, 0.5) is 0 Å². The zero-order valence-electron chi connectivity index (χ0n) is 20.1. The SMILES string of the molecule is C=C1[C@@H]2CC[C@@H]3[C@@H](O)[C@@]2(C[C@H]2O[C@@H](c4ccc(O)c(O)c4)O[C@@]24[C@H]1C[C@H](O)C4(C)C)C[C@@]3(C)O. The van der Waals surface area contributed by atoms with Crippen LogP contribution in [0.15, 0.2) is 30.4 Å². The number of hydrogen-bond donors (Lipinski definition) is 5. The second-order valence-electron chi connectivity index (χ2n) is 12.4. The van der Waals surface area contributed by atoms with Crippen LogP contribution >= 0.6 is 0 Å². The van der Waals surface area contributed by atoms with Crippen molar-refractivity contribution >= 4 is 0 Å². The van der Waals surface area contributed by atoms with E-state index in [1.54, 1.807) is 6.07 Å². The molecule has 34 heavy (non-hydrogen) atoms. The summed E-state index contributed by atoms with van der Waals surface area (Å²) < 4.78 is 13.4. The van der Waals surface area contributed by atoms with E-state index in [0.29, 0.717) is 24.8 Å². The summed E-state index contributed by atoms with van der Waals surface area (Å²) in [6, 6.07) is 4.51. The Morgan fingerprint density at radius 3 is 2.47 bits per heavy atom. The van der Waals surface area contributed by atoms with Crippen LogP contribution in [0.3, 0.4) is 0 Å². The van der Waals surface area contributed by atoms with E-state index in [4.69, 9.17) is 9.47 Å². The number of phenolic OH excluding ortho intramolecular Hbond substituents is 2. The van der Waals surface area contributed by atoms with E-state index >= 15 is 0 Å². The summed E-state index contributed by atoms with van der Waals surface area (Å²) >= 11 is 0. The minimum absolute atomic E-state index is 0.0182. The van der Waals surface area contributed by atoms with Crippen molar-refractivity contribution in [3.63, 3.8) is 0 Å². The van der Waals surface area contributed by atoms with Crippen LogP contribution in [-0.2, 0) is 9.47 Å². The molecule has 5 fully saturated rings. The minimum Gasteiger partial charge on any atom is -0.504 e. The molecule has 6 rings (SSSR count). The van der Waals surface area contributed by atoms with Gasteiger partial charge in [-0.25, -0.2) is 0 Å². The van der Waals surface area contributed by atoms with E-state index in [9.17, 15) is 25.5 Å². The van der Waals surface area contributed by atoms with Crippen LogP contribution in [0, 0.1) is 28.6 Å². The third kappa shape index (κ3) is 2.55. The second kappa shape index (κ2) is 6.77. The van der Waals surface area contributed by atoms with Gasteiger partial charge in [0.2, 0.25) is 0 Å². The Balaban J connectivity index is 1.49. The van der Waals surface area contributed by atoms with Gasteiger partial charge < -0.3 is 35.0 Å². The lowest BCUT2D eigenvalue weighted by molar-refractivity contribution is -0.149. The van der Waals surface area contributed by atoms with E-state index < -0.39 is 46.6 Å². The van der Waals surface area contributed by atoms with Crippen molar-refractivity contribution in [1.82, 2.24) is 0 Å². The highest BCUT2D eigenvalue weighted by molar-refractivity contribution is 5.42. The number of hydrogen-bond acceptors (Lipinski definition) is 7. The summed E-state index contributed by atoms with van der Waals surface area (Å²) in [5.74, 6) is -0.807. The summed E-state index contributed by atoms with van der Waals surface area (Å²) in [5, 5.41) is 53.9. The first-order valence-corrected chi connectivity index (χ1v) is 12.5. The fourth-order valence-corrected chi connectivity index (χ4v) is 8.82. The Bertz CT molecular complexity index is 1050. The summed E-state index contributed by atoms with van der Waals surface area (Å²) in [4.78, 5) is 0. The Morgan fingerprint density at radius 1 is 1.03 bits per heavy atom. The summed E-state index contributed by atoms with van der Waals surface area (Å²) in [6.07, 6.45) is 0.536. The van der Waals surface area contributed by atoms with Crippen LogP contribution in [0.25, 0.3) is 0 Å². The fourth-order valence-electron chi connectivity index (χ4n) is 8.82. The molecule has 4 saturated carbocycles. The molecule has 0 unspecified atom stereocenters. The Kier molecular flexibility index (Phi) is 4.54. The van der Waals surface area contributed by atoms with Crippen molar-refractivity contribution in [2.75, 3.05) is 0 Å². The van der Waals surface area contributed by atoms with Crippen LogP contribution in [0.5, 0.6) is 11.5 Å². The second-order valence-corrected chi connectivity index (χ2v) is 12.4. The predicted octanol–water partition coefficient (Wildman–Crippen LogP) is 3.15. The van der Waals surface area contributed by atoms with E-state index in [0.717, 1.165) is 18.4 Å². The average Bonchev–Trinajstić information content (AvgIpc) is 3.23. The lowest BCUT2D eigenvalue weighted by Gasteiger charge is -2.46. The molecule has 1 aliphatic heterocycles. The van der Waals surface area contributed by atoms with E-state index in [-0.39, 0.29) is 29.3 Å². The smallest absolute Gasteiger partial charge is 0.185 e. The summed E-state index contributed by atoms with van der Waals surface area (Å²) in [5.41, 5.74) is -1.50. The molecule has 1 heterocycles. The molecule has 2 bridgehead atoms. The fraction of sp³-hybridized carbons (Fsp3) is 0.704. The minimum atomic E-state index is -0.961. The van der Waals surface area contributed by atoms with Crippen molar-refractivity contribution in [3.8, 4) is 11.5 Å². The first-order chi connectivity index (χ1) is 15.8. The van der Waals surface area contributed by atoms with Crippen LogP contribution in [-0.4, -0.2) is 55.0 Å². The quantitative estimate of drug-likeness (QED) is 0.315. The highest BCUT2D eigenvalue weighted by Gasteiger charge is 2.75. The topological polar surface area (TPSA) is 120 Å². The number of ether oxygens (including phenoxy) is 2. The van der Waals surface area contributed by atoms with Crippen molar-refractivity contribution < 1.29 is 35.0 Å². The molecule has 7 heteroatoms. The normalized spacial score (nSPS) is 51.0. The van der Waals surface area contributed by atoms with Gasteiger partial charge in [0.25, 0.3) is 0 Å². The highest BCUT2D eigenvalue weighted by atomic mass is 16.7. The predicted molar refractivity (Wildman–Crippen MR) is 123 cm³/mol. The number of aliphatic hydroxyl groups excluding tert-OH is 2. The number of phenols is 2. The van der Waals surface area contributed by atoms with E-state index in [2.05, 4.69) is 6.58 Å². The van der Waals surface area contributed by atoms with E-state index in [1.165, 1.54) is 12.1 Å². The van der Waals surface area contributed by atoms with Crippen molar-refractivity contribution in [2.45, 2.75) is 88.7 Å². The van der Waals surface area contributed by atoms with Gasteiger partial charge >= 0.3 is 0 Å². The standard InChI is InChI=1S/C27H36O7/c1-13-15-6-7-16-22(31)26(15,12-25(16,4)32)11-21-27(17(13)10-20(30)24(27,2)3)34-23(33-21)14-5-8-18(28)19(29)9-14/h5,8-9,15-17,20-23,28-32H,1,6-7,10-12H2,2-4H3/t15-,16+,17-,20-,21+,22+,23+,25+,26-,27-/m0/s1. The van der Waals surface area contributed by atoms with Crippen molar-refractivity contribution in [3.05, 3.63) is 35.9 Å². The van der Waals surface area contributed by atoms with Crippen molar-refractivity contribution in [2.24, 2.45) is 28.6 Å². The molecule has 186 valence electrons. The van der Waals surface area contributed by atoms with Gasteiger partial charge in [-0.3, -0.25) is 0 Å². The van der Waals surface area contributed by atoms with Crippen LogP contribution in [0.2, 0.25) is 0 Å². The number of benzene rings is 1. The highest BCUT2D eigenvalue weighted by Crippen LogP contribution is 2.71. The van der Waals surface area contributed by atoms with Crippen LogP contribution < -0.4 is 0 Å². The third-order valence-corrected chi connectivity index (χ3v) is 10.5. The maximum absolute atomic E-state index is 11.6. The zero-order chi connectivity index (χ0) is 24.4. The lowest BCUT2D eigenvalue weighted by Crippen LogP contribution is -2.55. The molecule has 0 amide bonds. The lowest BCUT2D eigenvalue weighted by atomic mass is 9.61. The number of fused-ring (bicyclic) bond motifs is 1. The molecule has 1 aromatic carbocycles. The molecule has 0 radical (unpaired) electrons. The average molecular weight is 473 g/mol. The third-order valence-electron chi connectivity index (χ3n) is 10.5. The van der Waals surface area contributed by atoms with Gasteiger partial charge in [0.1, 0.15) is 5.60 Å². The first-order valence-electron chi connectivity index (χ1n) is 12.5. The largest absolute Gasteiger partial charge is 0.504 e. The molecule has 4 aliphatic carbocycles. The van der Waals surface area contributed by atoms with Gasteiger partial charge in [0.15, 0.2) is 17.8 Å². The Labute approximate surface area is 200 Å². The maximum Gasteiger partial charge on any atom is 0.185 e. The van der Waals surface area contributed by atoms with Gasteiger partial charge in [0.05, 0.1) is 23.9 Å². The first kappa shape index (κ1) is 22.8. The molecule has 1 saturated heterocycles. The van der Waals surface area contributed by atoms with Gasteiger partial charge in [-0.2, -0.15) is 0 Å². The number of rotatable bonds is 1. The van der Waals surface area contributed by atoms with Crippen LogP contribution in [0.1, 0.15) is 64.7 Å². The number of aromatic hydroxyl groups is 2. The van der Waals surface area contributed by atoms with Gasteiger partial charge in [0, 0.05) is 28.2 Å². The molecule has 5 aliphatic rings. The maximum atomic E-state index is 11.6. The Hall–Kier alpha value is -1.64. The van der Waals surface area contributed by atoms with Gasteiger partial charge in [-0.15, -0.1) is 0 Å². The summed E-state index contributed by atoms with van der Waals surface area (Å²) in [6.45, 7) is 10.4. The molecule has 2 spiro atoms. The molecule has 1 aromatic rings. The monoisotopic (exact) mass is 472 g/mol.